The Balaban J connectivity index is 1.32. The lowest BCUT2D eigenvalue weighted by Gasteiger charge is -2.33. The number of halogens is 1. The molecule has 1 fully saturated rings. The van der Waals surface area contributed by atoms with E-state index in [2.05, 4.69) is 15.4 Å². The minimum atomic E-state index is -0.955. The van der Waals surface area contributed by atoms with Crippen LogP contribution in [-0.2, 0) is 16.9 Å². The molecule has 2 aliphatic heterocycles. The molecule has 3 heterocycles. The Hall–Kier alpha value is -2.69. The molecule has 1 amide bonds. The van der Waals surface area contributed by atoms with Gasteiger partial charge in [0.2, 0.25) is 0 Å². The Labute approximate surface area is 218 Å². The van der Waals surface area contributed by atoms with Gasteiger partial charge in [-0.3, -0.25) is 9.48 Å². The summed E-state index contributed by atoms with van der Waals surface area (Å²) in [5.41, 5.74) is 2.57. The van der Waals surface area contributed by atoms with Gasteiger partial charge in [0, 0.05) is 36.1 Å². The smallest absolute Gasteiger partial charge is 0.286 e. The predicted octanol–water partition coefficient (Wildman–Crippen LogP) is 3.20. The van der Waals surface area contributed by atoms with Gasteiger partial charge in [-0.15, -0.1) is 0 Å². The molecule has 0 spiro atoms. The van der Waals surface area contributed by atoms with E-state index < -0.39 is 5.60 Å². The normalized spacial score (nSPS) is 20.0. The van der Waals surface area contributed by atoms with Crippen molar-refractivity contribution in [1.29, 1.82) is 0 Å². The van der Waals surface area contributed by atoms with Crippen molar-refractivity contribution in [1.82, 2.24) is 20.0 Å². The number of aliphatic imine (C=N–C) groups is 1. The first kappa shape index (κ1) is 25.0. The lowest BCUT2D eigenvalue weighted by atomic mass is 9.97. The van der Waals surface area contributed by atoms with E-state index in [9.17, 15) is 15.0 Å². The number of thioether (sulfide) groups is 1. The van der Waals surface area contributed by atoms with Gasteiger partial charge in [-0.1, -0.05) is 29.8 Å². The van der Waals surface area contributed by atoms with Crippen molar-refractivity contribution in [2.45, 2.75) is 32.0 Å². The number of hydrogen-bond acceptors (Lipinski definition) is 7. The van der Waals surface area contributed by atoms with Gasteiger partial charge in [-0.05, 0) is 66.6 Å². The number of nitrogens with one attached hydrogen (secondary N) is 1. The molecule has 0 radical (unpaired) electrons. The molecule has 5 rings (SSSR count). The van der Waals surface area contributed by atoms with Crippen LogP contribution >= 0.6 is 23.4 Å². The van der Waals surface area contributed by atoms with Gasteiger partial charge in [-0.2, -0.15) is 10.1 Å². The molecule has 0 bridgehead atoms. The second kappa shape index (κ2) is 9.99. The average Bonchev–Trinajstić information content (AvgIpc) is 3.42. The number of nitrogens with zero attached hydrogens (tertiary/aromatic N) is 4. The van der Waals surface area contributed by atoms with E-state index in [0.717, 1.165) is 40.7 Å². The van der Waals surface area contributed by atoms with Crippen molar-refractivity contribution in [3.63, 3.8) is 0 Å². The number of aliphatic hydroxyl groups excluding tert-OH is 1. The maximum atomic E-state index is 12.6. The fourth-order valence-corrected chi connectivity index (χ4v) is 5.53. The monoisotopic (exact) mass is 525 g/mol. The van der Waals surface area contributed by atoms with Crippen molar-refractivity contribution in [3.8, 4) is 0 Å². The van der Waals surface area contributed by atoms with E-state index in [1.54, 1.807) is 26.1 Å². The van der Waals surface area contributed by atoms with Crippen LogP contribution in [0.25, 0.3) is 17.0 Å². The van der Waals surface area contributed by atoms with E-state index >= 15 is 0 Å². The number of benzene rings is 2. The van der Waals surface area contributed by atoms with E-state index in [0.29, 0.717) is 28.2 Å². The number of aliphatic hydroxyl groups is 2. The molecule has 0 aliphatic carbocycles. The van der Waals surface area contributed by atoms with Crippen LogP contribution in [0.1, 0.15) is 30.5 Å². The van der Waals surface area contributed by atoms with Crippen molar-refractivity contribution in [2.75, 3.05) is 26.2 Å². The van der Waals surface area contributed by atoms with Crippen LogP contribution < -0.4 is 5.32 Å². The highest BCUT2D eigenvalue weighted by atomic mass is 35.5. The van der Waals surface area contributed by atoms with Gasteiger partial charge < -0.3 is 20.4 Å². The number of amidine groups is 1. The van der Waals surface area contributed by atoms with Gasteiger partial charge in [0.1, 0.15) is 0 Å². The summed E-state index contributed by atoms with van der Waals surface area (Å²) in [5, 5.41) is 29.7. The molecule has 2 aromatic carbocycles. The Kier molecular flexibility index (Phi) is 6.93. The highest BCUT2D eigenvalue weighted by Gasteiger charge is 2.29. The number of rotatable bonds is 5. The molecular formula is C26H28ClN5O3S. The van der Waals surface area contributed by atoms with Gasteiger partial charge in [0.05, 0.1) is 35.4 Å². The number of carbonyl (C=O) groups excluding carboxylic acids is 1. The lowest BCUT2D eigenvalue weighted by Crippen LogP contribution is -2.53. The van der Waals surface area contributed by atoms with Gasteiger partial charge in [-0.25, -0.2) is 0 Å². The maximum absolute atomic E-state index is 12.6. The Morgan fingerprint density at radius 1 is 1.28 bits per heavy atom. The number of piperazine rings is 1. The fraction of sp³-hybridized carbons (Fsp3) is 0.346. The summed E-state index contributed by atoms with van der Waals surface area (Å²) in [7, 11) is 0. The largest absolute Gasteiger partial charge is 0.395 e. The molecule has 2 aliphatic rings. The lowest BCUT2D eigenvalue weighted by molar-refractivity contribution is -0.113. The molecule has 10 heteroatoms. The zero-order chi connectivity index (χ0) is 25.4. The maximum Gasteiger partial charge on any atom is 0.286 e. The van der Waals surface area contributed by atoms with Gasteiger partial charge >= 0.3 is 0 Å². The highest BCUT2D eigenvalue weighted by molar-refractivity contribution is 8.18. The average molecular weight is 526 g/mol. The first-order chi connectivity index (χ1) is 17.2. The van der Waals surface area contributed by atoms with Crippen molar-refractivity contribution in [3.05, 3.63) is 69.2 Å². The minimum absolute atomic E-state index is 0.0153. The van der Waals surface area contributed by atoms with E-state index in [1.807, 2.05) is 46.0 Å². The molecule has 8 nitrogen and oxygen atoms in total. The Bertz CT molecular complexity index is 1380. The van der Waals surface area contributed by atoms with E-state index in [4.69, 9.17) is 11.6 Å². The van der Waals surface area contributed by atoms with Crippen LogP contribution in [-0.4, -0.2) is 68.3 Å². The second-order valence-electron chi connectivity index (χ2n) is 9.58. The summed E-state index contributed by atoms with van der Waals surface area (Å²) in [5.74, 6) is -0.242. The number of amides is 1. The highest BCUT2D eigenvalue weighted by Crippen LogP contribution is 2.32. The van der Waals surface area contributed by atoms with Gasteiger partial charge in [0.15, 0.2) is 5.17 Å². The molecule has 1 aromatic heterocycles. The molecular weight excluding hydrogens is 498 g/mol. The van der Waals surface area contributed by atoms with Crippen molar-refractivity contribution in [2.24, 2.45) is 4.99 Å². The fourth-order valence-electron chi connectivity index (χ4n) is 4.34. The molecule has 3 aromatic rings. The molecule has 36 heavy (non-hydrogen) atoms. The zero-order valence-electron chi connectivity index (χ0n) is 20.1. The van der Waals surface area contributed by atoms with Crippen molar-refractivity contribution < 1.29 is 15.0 Å². The van der Waals surface area contributed by atoms with Crippen LogP contribution in [0.4, 0.5) is 0 Å². The summed E-state index contributed by atoms with van der Waals surface area (Å²) in [6, 6.07) is 11.5. The van der Waals surface area contributed by atoms with Crippen LogP contribution in [0.5, 0.6) is 0 Å². The summed E-state index contributed by atoms with van der Waals surface area (Å²) in [6.45, 7) is 6.13. The third-order valence-electron chi connectivity index (χ3n) is 6.40. The van der Waals surface area contributed by atoms with Crippen molar-refractivity contribution >= 4 is 51.4 Å². The first-order valence-corrected chi connectivity index (χ1v) is 13.0. The summed E-state index contributed by atoms with van der Waals surface area (Å²) < 4.78 is 1.88. The standard InChI is InChI=1S/C26H28ClN5O3S/c1-26(2,35)19-5-4-17(21(27)11-19)13-32-22-6-3-16(9-18(22)12-29-32)10-23-24(34)30-25(36-23)31-8-7-28-20(14-31)15-33/h3-6,9-12,20,28,33,35H,7-8,13-15H2,1-2H3/t20-/m1/s1. The third-order valence-corrected chi connectivity index (χ3v) is 7.80. The number of carbonyl (C=O) groups is 1. The summed E-state index contributed by atoms with van der Waals surface area (Å²) in [6.07, 6.45) is 3.66. The number of aromatic nitrogens is 2. The molecule has 3 N–H and O–H groups in total. The molecule has 0 unspecified atom stereocenters. The molecule has 188 valence electrons. The summed E-state index contributed by atoms with van der Waals surface area (Å²) >= 11 is 7.87. The first-order valence-electron chi connectivity index (χ1n) is 11.8. The number of hydrogen-bond donors (Lipinski definition) is 3. The van der Waals surface area contributed by atoms with Crippen LogP contribution in [0.3, 0.4) is 0 Å². The Morgan fingerprint density at radius 2 is 2.11 bits per heavy atom. The van der Waals surface area contributed by atoms with E-state index in [1.165, 1.54) is 11.8 Å². The Morgan fingerprint density at radius 3 is 2.86 bits per heavy atom. The molecule has 1 saturated heterocycles. The molecule has 0 saturated carbocycles. The van der Waals surface area contributed by atoms with Gasteiger partial charge in [0.25, 0.3) is 5.91 Å². The SMILES string of the molecule is CC(C)(O)c1ccc(Cn2ncc3cc(C=C4SC(N5CCN[C@@H](CO)C5)=NC4=O)ccc32)c(Cl)c1. The molecule has 1 atom stereocenters. The van der Waals surface area contributed by atoms with Crippen LogP contribution in [0, 0.1) is 0 Å². The zero-order valence-corrected chi connectivity index (χ0v) is 21.7. The quantitative estimate of drug-likeness (QED) is 0.439. The second-order valence-corrected chi connectivity index (χ2v) is 11.0. The van der Waals surface area contributed by atoms with Crippen LogP contribution in [0.15, 0.2) is 52.5 Å². The third kappa shape index (κ3) is 5.21. The van der Waals surface area contributed by atoms with E-state index in [-0.39, 0.29) is 18.6 Å². The number of fused-ring (bicyclic) bond motifs is 1. The minimum Gasteiger partial charge on any atom is -0.395 e. The summed E-state index contributed by atoms with van der Waals surface area (Å²) in [4.78, 5) is 19.4. The van der Waals surface area contributed by atoms with Crippen LogP contribution in [0.2, 0.25) is 5.02 Å². The predicted molar refractivity (Wildman–Crippen MR) is 144 cm³/mol. The topological polar surface area (TPSA) is 103 Å².